The van der Waals surface area contributed by atoms with E-state index in [9.17, 15) is 8.42 Å². The molecule has 1 fully saturated rings. The maximum absolute atomic E-state index is 12.1. The first-order valence-corrected chi connectivity index (χ1v) is 7.04. The van der Waals surface area contributed by atoms with E-state index in [1.807, 2.05) is 6.07 Å². The Kier molecular flexibility index (Phi) is 3.18. The number of nitriles is 1. The van der Waals surface area contributed by atoms with Gasteiger partial charge in [-0.3, -0.25) is 0 Å². The Labute approximate surface area is 101 Å². The molecule has 0 atom stereocenters. The lowest BCUT2D eigenvalue weighted by atomic mass is 9.94. The third kappa shape index (κ3) is 2.48. The van der Waals surface area contributed by atoms with Gasteiger partial charge in [-0.05, 0) is 37.5 Å². The van der Waals surface area contributed by atoms with Gasteiger partial charge in [0.15, 0.2) is 0 Å². The smallest absolute Gasteiger partial charge is 0.208 e. The molecule has 1 aliphatic rings. The van der Waals surface area contributed by atoms with Crippen LogP contribution in [0.15, 0.2) is 23.1 Å². The molecule has 0 unspecified atom stereocenters. The molecule has 1 aliphatic carbocycles. The number of hydrogen-bond acceptors (Lipinski definition) is 3. The fraction of sp³-hybridized carbons (Fsp3) is 0.417. The van der Waals surface area contributed by atoms with Crippen LogP contribution in [0.5, 0.6) is 0 Å². The van der Waals surface area contributed by atoms with Crippen molar-refractivity contribution in [3.63, 3.8) is 0 Å². The summed E-state index contributed by atoms with van der Waals surface area (Å²) < 4.78 is 26.9. The van der Waals surface area contributed by atoms with Crippen LogP contribution >= 0.6 is 0 Å². The van der Waals surface area contributed by atoms with E-state index in [2.05, 4.69) is 4.72 Å². The average molecular weight is 250 g/mol. The monoisotopic (exact) mass is 250 g/mol. The van der Waals surface area contributed by atoms with Crippen molar-refractivity contribution in [3.8, 4) is 6.07 Å². The zero-order valence-corrected chi connectivity index (χ0v) is 10.4. The van der Waals surface area contributed by atoms with Gasteiger partial charge in [-0.1, -0.05) is 12.5 Å². The fourth-order valence-electron chi connectivity index (χ4n) is 1.77. The predicted molar refractivity (Wildman–Crippen MR) is 63.9 cm³/mol. The van der Waals surface area contributed by atoms with Crippen LogP contribution in [-0.4, -0.2) is 14.5 Å². The van der Waals surface area contributed by atoms with Gasteiger partial charge in [-0.15, -0.1) is 0 Å². The summed E-state index contributed by atoms with van der Waals surface area (Å²) in [5, 5.41) is 8.79. The van der Waals surface area contributed by atoms with Gasteiger partial charge >= 0.3 is 0 Å². The third-order valence-corrected chi connectivity index (χ3v) is 4.70. The second-order valence-electron chi connectivity index (χ2n) is 4.34. The summed E-state index contributed by atoms with van der Waals surface area (Å²) >= 11 is 0. The number of rotatable bonds is 3. The van der Waals surface area contributed by atoms with E-state index in [1.54, 1.807) is 19.1 Å². The largest absolute Gasteiger partial charge is 0.241 e. The average Bonchev–Trinajstić information content (AvgIpc) is 2.24. The topological polar surface area (TPSA) is 70.0 Å². The lowest BCUT2D eigenvalue weighted by Crippen LogP contribution is -2.39. The van der Waals surface area contributed by atoms with Crippen LogP contribution in [0.4, 0.5) is 0 Å². The van der Waals surface area contributed by atoms with E-state index >= 15 is 0 Å². The first kappa shape index (κ1) is 12.1. The molecule has 0 saturated heterocycles. The number of sulfonamides is 1. The Hall–Kier alpha value is -1.38. The minimum absolute atomic E-state index is 0.0603. The molecule has 2 rings (SSSR count). The highest BCUT2D eigenvalue weighted by atomic mass is 32.2. The van der Waals surface area contributed by atoms with E-state index in [0.29, 0.717) is 11.1 Å². The first-order valence-electron chi connectivity index (χ1n) is 5.56. The Balaban J connectivity index is 2.34. The number of nitrogens with zero attached hydrogens (tertiary/aromatic N) is 1. The van der Waals surface area contributed by atoms with Crippen LogP contribution in [0.3, 0.4) is 0 Å². The summed E-state index contributed by atoms with van der Waals surface area (Å²) in [6.45, 7) is 1.73. The maximum atomic E-state index is 12.1. The van der Waals surface area contributed by atoms with E-state index in [-0.39, 0.29) is 10.9 Å². The third-order valence-electron chi connectivity index (χ3n) is 3.03. The minimum atomic E-state index is -3.48. The fourth-order valence-corrected chi connectivity index (χ4v) is 3.34. The molecular formula is C12H14N2O2S. The Morgan fingerprint density at radius 2 is 2.12 bits per heavy atom. The molecule has 0 bridgehead atoms. The maximum Gasteiger partial charge on any atom is 0.241 e. The molecule has 0 aliphatic heterocycles. The quantitative estimate of drug-likeness (QED) is 0.887. The highest BCUT2D eigenvalue weighted by molar-refractivity contribution is 7.89. The molecule has 90 valence electrons. The van der Waals surface area contributed by atoms with Crippen molar-refractivity contribution < 1.29 is 8.42 Å². The molecule has 1 N–H and O–H groups in total. The van der Waals surface area contributed by atoms with Gasteiger partial charge in [0.25, 0.3) is 0 Å². The molecule has 0 heterocycles. The van der Waals surface area contributed by atoms with Crippen molar-refractivity contribution in [2.24, 2.45) is 0 Å². The molecule has 0 aromatic heterocycles. The Bertz CT molecular complexity index is 569. The summed E-state index contributed by atoms with van der Waals surface area (Å²) in [6.07, 6.45) is 2.87. The van der Waals surface area contributed by atoms with Gasteiger partial charge in [-0.25, -0.2) is 13.1 Å². The van der Waals surface area contributed by atoms with Crippen LogP contribution in [0, 0.1) is 18.3 Å². The van der Waals surface area contributed by atoms with Crippen molar-refractivity contribution >= 4 is 10.0 Å². The molecule has 1 saturated carbocycles. The van der Waals surface area contributed by atoms with Crippen LogP contribution in [-0.2, 0) is 10.0 Å². The second kappa shape index (κ2) is 4.47. The summed E-state index contributed by atoms with van der Waals surface area (Å²) in [4.78, 5) is 0.212. The van der Waals surface area contributed by atoms with E-state index in [0.717, 1.165) is 19.3 Å². The highest BCUT2D eigenvalue weighted by Gasteiger charge is 2.25. The number of nitrogens with one attached hydrogen (secondary N) is 1. The van der Waals surface area contributed by atoms with Gasteiger partial charge in [0.2, 0.25) is 10.0 Å². The van der Waals surface area contributed by atoms with Crippen molar-refractivity contribution in [1.29, 1.82) is 5.26 Å². The predicted octanol–water partition coefficient (Wildman–Crippen LogP) is 1.70. The van der Waals surface area contributed by atoms with Crippen molar-refractivity contribution in [2.75, 3.05) is 0 Å². The zero-order chi connectivity index (χ0) is 12.5. The van der Waals surface area contributed by atoms with Gasteiger partial charge in [0, 0.05) is 6.04 Å². The first-order chi connectivity index (χ1) is 8.03. The lowest BCUT2D eigenvalue weighted by Gasteiger charge is -2.26. The highest BCUT2D eigenvalue weighted by Crippen LogP contribution is 2.23. The van der Waals surface area contributed by atoms with E-state index in [1.165, 1.54) is 6.07 Å². The van der Waals surface area contributed by atoms with Crippen LogP contribution in [0.25, 0.3) is 0 Å². The second-order valence-corrected chi connectivity index (χ2v) is 6.02. The number of benzene rings is 1. The van der Waals surface area contributed by atoms with Crippen molar-refractivity contribution in [3.05, 3.63) is 29.3 Å². The van der Waals surface area contributed by atoms with Gasteiger partial charge in [0.1, 0.15) is 0 Å². The van der Waals surface area contributed by atoms with Gasteiger partial charge in [0.05, 0.1) is 16.5 Å². The standard InChI is InChI=1S/C12H14N2O2S/c1-9-5-6-10(8-13)7-12(9)17(15,16)14-11-3-2-4-11/h5-7,11,14H,2-4H2,1H3. The van der Waals surface area contributed by atoms with E-state index < -0.39 is 10.0 Å². The van der Waals surface area contributed by atoms with Gasteiger partial charge < -0.3 is 0 Å². The minimum Gasteiger partial charge on any atom is -0.208 e. The van der Waals surface area contributed by atoms with Crippen molar-refractivity contribution in [2.45, 2.75) is 37.1 Å². The summed E-state index contributed by atoms with van der Waals surface area (Å²) in [7, 11) is -3.48. The van der Waals surface area contributed by atoms with Gasteiger partial charge in [-0.2, -0.15) is 5.26 Å². The molecule has 5 heteroatoms. The number of aryl methyl sites for hydroxylation is 1. The van der Waals surface area contributed by atoms with Crippen LogP contribution in [0.2, 0.25) is 0 Å². The molecule has 0 radical (unpaired) electrons. The normalized spacial score (nSPS) is 16.2. The zero-order valence-electron chi connectivity index (χ0n) is 9.60. The Morgan fingerprint density at radius 3 is 2.65 bits per heavy atom. The van der Waals surface area contributed by atoms with Crippen molar-refractivity contribution in [1.82, 2.24) is 4.72 Å². The SMILES string of the molecule is Cc1ccc(C#N)cc1S(=O)(=O)NC1CCC1. The van der Waals surface area contributed by atoms with E-state index in [4.69, 9.17) is 5.26 Å². The summed E-state index contributed by atoms with van der Waals surface area (Å²) in [6, 6.07) is 6.73. The molecule has 1 aromatic rings. The molecule has 1 aromatic carbocycles. The summed E-state index contributed by atoms with van der Waals surface area (Å²) in [5.74, 6) is 0. The molecule has 4 nitrogen and oxygen atoms in total. The molecule has 17 heavy (non-hydrogen) atoms. The van der Waals surface area contributed by atoms with Crippen LogP contribution < -0.4 is 4.72 Å². The molecular weight excluding hydrogens is 236 g/mol. The summed E-state index contributed by atoms with van der Waals surface area (Å²) in [5.41, 5.74) is 1.03. The number of hydrogen-bond donors (Lipinski definition) is 1. The lowest BCUT2D eigenvalue weighted by molar-refractivity contribution is 0.383. The Morgan fingerprint density at radius 1 is 1.41 bits per heavy atom. The van der Waals surface area contributed by atoms with Crippen LogP contribution in [0.1, 0.15) is 30.4 Å². The molecule has 0 amide bonds. The molecule has 0 spiro atoms.